The molecule has 2 N–H and O–H groups in total. The summed E-state index contributed by atoms with van der Waals surface area (Å²) in [7, 11) is 1.50. The lowest BCUT2D eigenvalue weighted by molar-refractivity contribution is -0.124. The van der Waals surface area contributed by atoms with Crippen molar-refractivity contribution < 1.29 is 14.7 Å². The van der Waals surface area contributed by atoms with Gasteiger partial charge in [0.15, 0.2) is 5.56 Å². The zero-order valence-corrected chi connectivity index (χ0v) is 18.0. The molecule has 0 aliphatic heterocycles. The number of fused-ring (bicyclic) bond motifs is 1. The van der Waals surface area contributed by atoms with Gasteiger partial charge in [0.1, 0.15) is 12.2 Å². The molecule has 2 heterocycles. The minimum absolute atomic E-state index is 0.0230. The molecule has 0 unspecified atom stereocenters. The second-order valence-corrected chi connectivity index (χ2v) is 8.18. The highest BCUT2D eigenvalue weighted by atomic mass is 16.3. The second-order valence-electron chi connectivity index (χ2n) is 8.18. The molecule has 0 radical (unpaired) electrons. The van der Waals surface area contributed by atoms with Crippen molar-refractivity contribution in [3.05, 3.63) is 33.3 Å². The molecule has 0 saturated heterocycles. The maximum absolute atomic E-state index is 13.2. The average molecular weight is 426 g/mol. The number of aromatic hydroxyl groups is 1. The molecular formula is C21H26N6O4. The Labute approximate surface area is 179 Å². The monoisotopic (exact) mass is 426 g/mol. The first-order chi connectivity index (χ1) is 14.6. The first-order valence-corrected chi connectivity index (χ1v) is 10.1. The van der Waals surface area contributed by atoms with Crippen molar-refractivity contribution in [1.29, 1.82) is 5.26 Å². The lowest BCUT2D eigenvalue weighted by Gasteiger charge is -2.15. The fraction of sp³-hybridized carbons (Fsp3) is 0.476. The zero-order chi connectivity index (χ0) is 22.9. The molecule has 2 aromatic heterocycles. The van der Waals surface area contributed by atoms with Crippen molar-refractivity contribution in [2.24, 2.45) is 5.92 Å². The van der Waals surface area contributed by atoms with Crippen LogP contribution in [0.1, 0.15) is 48.3 Å². The molecule has 10 heteroatoms. The van der Waals surface area contributed by atoms with Gasteiger partial charge in [0, 0.05) is 31.3 Å². The fourth-order valence-corrected chi connectivity index (χ4v) is 3.25. The van der Waals surface area contributed by atoms with Gasteiger partial charge in [-0.2, -0.15) is 14.9 Å². The van der Waals surface area contributed by atoms with Gasteiger partial charge in [-0.15, -0.1) is 0 Å². The summed E-state index contributed by atoms with van der Waals surface area (Å²) in [4.78, 5) is 39.3. The lowest BCUT2D eigenvalue weighted by Crippen LogP contribution is -2.36. The van der Waals surface area contributed by atoms with Crippen LogP contribution in [0.5, 0.6) is 5.88 Å². The second kappa shape index (κ2) is 8.63. The van der Waals surface area contributed by atoms with Crippen molar-refractivity contribution >= 4 is 23.5 Å². The molecule has 1 aliphatic rings. The Morgan fingerprint density at radius 3 is 2.68 bits per heavy atom. The Bertz CT molecular complexity index is 1160. The van der Waals surface area contributed by atoms with E-state index in [4.69, 9.17) is 5.26 Å². The number of aromatic nitrogens is 3. The van der Waals surface area contributed by atoms with E-state index in [2.05, 4.69) is 10.4 Å². The summed E-state index contributed by atoms with van der Waals surface area (Å²) >= 11 is 0. The number of nitrogens with one attached hydrogen (secondary N) is 1. The predicted molar refractivity (Wildman–Crippen MR) is 113 cm³/mol. The van der Waals surface area contributed by atoms with Crippen LogP contribution in [-0.4, -0.2) is 55.6 Å². The van der Waals surface area contributed by atoms with E-state index < -0.39 is 17.3 Å². The number of carbonyl (C=O) groups excluding carboxylic acids is 2. The van der Waals surface area contributed by atoms with Crippen LogP contribution in [0, 0.1) is 24.2 Å². The van der Waals surface area contributed by atoms with E-state index in [1.54, 1.807) is 6.92 Å². The van der Waals surface area contributed by atoms with Gasteiger partial charge in [0.25, 0.3) is 11.5 Å². The molecule has 164 valence electrons. The zero-order valence-electron chi connectivity index (χ0n) is 18.0. The van der Waals surface area contributed by atoms with E-state index in [1.165, 1.54) is 33.2 Å². The molecule has 0 aromatic carbocycles. The molecular weight excluding hydrogens is 400 g/mol. The number of rotatable bonds is 7. The molecule has 0 spiro atoms. The van der Waals surface area contributed by atoms with Crippen molar-refractivity contribution in [2.75, 3.05) is 13.6 Å². The molecule has 31 heavy (non-hydrogen) atoms. The third-order valence-electron chi connectivity index (χ3n) is 4.98. The number of aryl methyl sites for hydroxylation is 1. The van der Waals surface area contributed by atoms with Crippen LogP contribution < -0.4 is 10.9 Å². The molecule has 0 bridgehead atoms. The summed E-state index contributed by atoms with van der Waals surface area (Å²) in [5.41, 5.74) is 0.283. The third-order valence-corrected chi connectivity index (χ3v) is 4.98. The van der Waals surface area contributed by atoms with Crippen LogP contribution >= 0.6 is 0 Å². The number of hydrogen-bond donors (Lipinski definition) is 2. The first-order valence-electron chi connectivity index (χ1n) is 10.1. The van der Waals surface area contributed by atoms with Gasteiger partial charge in [-0.05, 0) is 31.8 Å². The summed E-state index contributed by atoms with van der Waals surface area (Å²) in [5.74, 6) is -1.47. The third kappa shape index (κ3) is 4.45. The van der Waals surface area contributed by atoms with E-state index >= 15 is 0 Å². The minimum atomic E-state index is -0.622. The largest absolute Gasteiger partial charge is 0.492 e. The van der Waals surface area contributed by atoms with E-state index in [0.717, 1.165) is 12.8 Å². The number of nitrogens with zero attached hydrogens (tertiary/aromatic N) is 5. The number of carbonyl (C=O) groups is 2. The normalized spacial score (nSPS) is 13.7. The Hall–Kier alpha value is -3.61. The highest BCUT2D eigenvalue weighted by Crippen LogP contribution is 2.25. The Balaban J connectivity index is 2.18. The van der Waals surface area contributed by atoms with Gasteiger partial charge in [-0.1, -0.05) is 13.8 Å². The SMILES string of the molecule is Cc1nn2c(O)c(C(=O)NC3CC3)c(=O)n(CC(C)C)c2c1C=CC(=O)N(C)CC#N. The van der Waals surface area contributed by atoms with Crippen LogP contribution in [0.3, 0.4) is 0 Å². The van der Waals surface area contributed by atoms with Crippen molar-refractivity contribution in [3.63, 3.8) is 0 Å². The molecule has 1 saturated carbocycles. The molecule has 3 rings (SSSR count). The molecule has 0 atom stereocenters. The van der Waals surface area contributed by atoms with Crippen LogP contribution in [-0.2, 0) is 11.3 Å². The van der Waals surface area contributed by atoms with Gasteiger partial charge in [0.05, 0.1) is 11.8 Å². The van der Waals surface area contributed by atoms with Gasteiger partial charge in [-0.3, -0.25) is 19.0 Å². The van der Waals surface area contributed by atoms with Gasteiger partial charge < -0.3 is 15.3 Å². The topological polar surface area (TPSA) is 133 Å². The number of nitriles is 1. The molecule has 2 aromatic rings. The maximum atomic E-state index is 13.2. The summed E-state index contributed by atoms with van der Waals surface area (Å²) in [6.07, 6.45) is 4.49. The standard InChI is InChI=1S/C21H26N6O4/c1-12(2)11-26-19-15(7-8-16(28)25(4)10-9-22)13(3)24-27(19)21(31)17(20(26)30)18(29)23-14-5-6-14/h7-8,12,14,31H,5-6,10-11H2,1-4H3,(H,23,29). The van der Waals surface area contributed by atoms with Crippen molar-refractivity contribution in [3.8, 4) is 11.9 Å². The fourth-order valence-electron chi connectivity index (χ4n) is 3.25. The summed E-state index contributed by atoms with van der Waals surface area (Å²) < 4.78 is 2.58. The minimum Gasteiger partial charge on any atom is -0.492 e. The summed E-state index contributed by atoms with van der Waals surface area (Å²) in [5, 5.41) is 26.6. The Morgan fingerprint density at radius 1 is 1.42 bits per heavy atom. The van der Waals surface area contributed by atoms with Gasteiger partial charge in [0.2, 0.25) is 11.8 Å². The molecule has 1 aliphatic carbocycles. The predicted octanol–water partition coefficient (Wildman–Crippen LogP) is 1.05. The maximum Gasteiger partial charge on any atom is 0.270 e. The number of hydrogen-bond acceptors (Lipinski definition) is 6. The quantitative estimate of drug-likeness (QED) is 0.502. The van der Waals surface area contributed by atoms with Crippen LogP contribution in [0.4, 0.5) is 0 Å². The van der Waals surface area contributed by atoms with Crippen molar-refractivity contribution in [1.82, 2.24) is 24.4 Å². The van der Waals surface area contributed by atoms with E-state index in [9.17, 15) is 19.5 Å². The van der Waals surface area contributed by atoms with Gasteiger partial charge in [-0.25, -0.2) is 0 Å². The first kappa shape index (κ1) is 22.1. The smallest absolute Gasteiger partial charge is 0.270 e. The summed E-state index contributed by atoms with van der Waals surface area (Å²) in [6.45, 7) is 5.78. The highest BCUT2D eigenvalue weighted by Gasteiger charge is 2.30. The molecule has 1 fully saturated rings. The van der Waals surface area contributed by atoms with Gasteiger partial charge >= 0.3 is 0 Å². The highest BCUT2D eigenvalue weighted by molar-refractivity contribution is 5.97. The number of amides is 2. The van der Waals surface area contributed by atoms with E-state index in [1.807, 2.05) is 19.9 Å². The average Bonchev–Trinajstić information content (AvgIpc) is 3.44. The molecule has 2 amide bonds. The number of likely N-dealkylation sites (N-methyl/N-ethyl adjacent to an activating group) is 1. The summed E-state index contributed by atoms with van der Waals surface area (Å²) in [6, 6.07) is 1.92. The van der Waals surface area contributed by atoms with Crippen molar-refractivity contribution in [2.45, 2.75) is 46.2 Å². The van der Waals surface area contributed by atoms with Crippen LogP contribution in [0.25, 0.3) is 11.7 Å². The van der Waals surface area contributed by atoms with E-state index in [-0.39, 0.29) is 30.0 Å². The van der Waals surface area contributed by atoms with Crippen LogP contribution in [0.15, 0.2) is 10.9 Å². The Kier molecular flexibility index (Phi) is 6.15. The Morgan fingerprint density at radius 2 is 2.10 bits per heavy atom. The molecule has 10 nitrogen and oxygen atoms in total. The van der Waals surface area contributed by atoms with E-state index in [0.29, 0.717) is 23.4 Å². The van der Waals surface area contributed by atoms with Crippen LogP contribution in [0.2, 0.25) is 0 Å². The lowest BCUT2D eigenvalue weighted by atomic mass is 10.1.